The summed E-state index contributed by atoms with van der Waals surface area (Å²) in [5, 5.41) is 2.94. The first kappa shape index (κ1) is 15.4. The summed E-state index contributed by atoms with van der Waals surface area (Å²) in [5.74, 6) is -0.913. The van der Waals surface area contributed by atoms with Crippen LogP contribution in [-0.4, -0.2) is 24.1 Å². The van der Waals surface area contributed by atoms with E-state index >= 15 is 0 Å². The Bertz CT molecular complexity index is 492. The molecule has 0 amide bonds. The standard InChI is InChI=1S/C13H17FN2O2S/c1-7(2)11(13(17)18-3)16-8-4-5-9(12(15)19)10(14)6-8/h4-7,11,16H,1-3H3,(H2,15,19). The molecule has 0 aliphatic heterocycles. The highest BCUT2D eigenvalue weighted by Gasteiger charge is 2.23. The molecule has 0 fully saturated rings. The normalized spacial score (nSPS) is 12.1. The van der Waals surface area contributed by atoms with E-state index in [1.165, 1.54) is 19.2 Å². The predicted molar refractivity (Wildman–Crippen MR) is 76.6 cm³/mol. The maximum absolute atomic E-state index is 13.7. The van der Waals surface area contributed by atoms with Gasteiger partial charge in [0.15, 0.2) is 0 Å². The highest BCUT2D eigenvalue weighted by atomic mass is 32.1. The molecule has 1 atom stereocenters. The second-order valence-electron chi connectivity index (χ2n) is 4.45. The molecule has 0 saturated heterocycles. The Labute approximate surface area is 117 Å². The van der Waals surface area contributed by atoms with Gasteiger partial charge in [0.25, 0.3) is 0 Å². The summed E-state index contributed by atoms with van der Waals surface area (Å²) in [5.41, 5.74) is 6.03. The van der Waals surface area contributed by atoms with Crippen molar-refractivity contribution in [1.82, 2.24) is 0 Å². The second-order valence-corrected chi connectivity index (χ2v) is 4.89. The number of carbonyl (C=O) groups is 1. The van der Waals surface area contributed by atoms with E-state index in [9.17, 15) is 9.18 Å². The van der Waals surface area contributed by atoms with Crippen LogP contribution in [0.3, 0.4) is 0 Å². The van der Waals surface area contributed by atoms with Crippen molar-refractivity contribution in [1.29, 1.82) is 0 Å². The van der Waals surface area contributed by atoms with E-state index in [2.05, 4.69) is 5.32 Å². The van der Waals surface area contributed by atoms with Crippen LogP contribution in [0.5, 0.6) is 0 Å². The molecule has 6 heteroatoms. The number of anilines is 1. The summed E-state index contributed by atoms with van der Waals surface area (Å²) in [7, 11) is 1.32. The Hall–Kier alpha value is -1.69. The van der Waals surface area contributed by atoms with Gasteiger partial charge in [0.1, 0.15) is 16.8 Å². The van der Waals surface area contributed by atoms with E-state index in [0.29, 0.717) is 5.69 Å². The molecule has 0 heterocycles. The predicted octanol–water partition coefficient (Wildman–Crippen LogP) is 2.07. The Morgan fingerprint density at radius 1 is 1.47 bits per heavy atom. The van der Waals surface area contributed by atoms with E-state index in [1.807, 2.05) is 13.8 Å². The maximum atomic E-state index is 13.7. The van der Waals surface area contributed by atoms with Crippen molar-refractivity contribution >= 4 is 28.9 Å². The number of benzene rings is 1. The minimum Gasteiger partial charge on any atom is -0.467 e. The molecule has 0 spiro atoms. The van der Waals surface area contributed by atoms with Gasteiger partial charge in [0.2, 0.25) is 0 Å². The van der Waals surface area contributed by atoms with Crippen LogP contribution in [0.15, 0.2) is 18.2 Å². The number of hydrogen-bond acceptors (Lipinski definition) is 4. The molecule has 1 rings (SSSR count). The monoisotopic (exact) mass is 284 g/mol. The number of hydrogen-bond donors (Lipinski definition) is 2. The highest BCUT2D eigenvalue weighted by molar-refractivity contribution is 7.80. The van der Waals surface area contributed by atoms with E-state index in [0.717, 1.165) is 0 Å². The topological polar surface area (TPSA) is 64.3 Å². The first-order chi connectivity index (χ1) is 8.86. The van der Waals surface area contributed by atoms with Crippen LogP contribution >= 0.6 is 12.2 Å². The molecule has 0 radical (unpaired) electrons. The highest BCUT2D eigenvalue weighted by Crippen LogP contribution is 2.18. The summed E-state index contributed by atoms with van der Waals surface area (Å²) in [6.45, 7) is 3.74. The molecule has 1 aromatic rings. The number of carbonyl (C=O) groups excluding carboxylic acids is 1. The SMILES string of the molecule is COC(=O)C(Nc1ccc(C(N)=S)c(F)c1)C(C)C. The Morgan fingerprint density at radius 3 is 2.53 bits per heavy atom. The zero-order chi connectivity index (χ0) is 14.6. The summed E-state index contributed by atoms with van der Waals surface area (Å²) in [4.78, 5) is 11.6. The average molecular weight is 284 g/mol. The summed E-state index contributed by atoms with van der Waals surface area (Å²) >= 11 is 4.73. The lowest BCUT2D eigenvalue weighted by molar-refractivity contribution is -0.142. The Kier molecular flexibility index (Phi) is 5.23. The van der Waals surface area contributed by atoms with Gasteiger partial charge in [0, 0.05) is 11.3 Å². The number of halogens is 1. The van der Waals surface area contributed by atoms with Crippen molar-refractivity contribution in [2.45, 2.75) is 19.9 Å². The van der Waals surface area contributed by atoms with E-state index < -0.39 is 17.8 Å². The third-order valence-electron chi connectivity index (χ3n) is 2.68. The van der Waals surface area contributed by atoms with Gasteiger partial charge < -0.3 is 15.8 Å². The lowest BCUT2D eigenvalue weighted by Crippen LogP contribution is -2.35. The summed E-state index contributed by atoms with van der Waals surface area (Å²) in [6, 6.07) is 3.82. The molecule has 0 aliphatic rings. The van der Waals surface area contributed by atoms with E-state index in [-0.39, 0.29) is 16.5 Å². The number of rotatable bonds is 5. The molecule has 3 N–H and O–H groups in total. The lowest BCUT2D eigenvalue weighted by Gasteiger charge is -2.21. The van der Waals surface area contributed by atoms with Gasteiger partial charge in [-0.05, 0) is 24.1 Å². The maximum Gasteiger partial charge on any atom is 0.328 e. The zero-order valence-corrected chi connectivity index (χ0v) is 11.9. The lowest BCUT2D eigenvalue weighted by atomic mass is 10.0. The van der Waals surface area contributed by atoms with Gasteiger partial charge in [-0.2, -0.15) is 0 Å². The van der Waals surface area contributed by atoms with Crippen molar-refractivity contribution in [3.63, 3.8) is 0 Å². The van der Waals surface area contributed by atoms with Gasteiger partial charge in [-0.3, -0.25) is 0 Å². The molecular formula is C13H17FN2O2S. The van der Waals surface area contributed by atoms with Crippen LogP contribution in [0.1, 0.15) is 19.4 Å². The zero-order valence-electron chi connectivity index (χ0n) is 11.1. The molecule has 4 nitrogen and oxygen atoms in total. The Morgan fingerprint density at radius 2 is 2.11 bits per heavy atom. The smallest absolute Gasteiger partial charge is 0.328 e. The van der Waals surface area contributed by atoms with Crippen LogP contribution in [0.2, 0.25) is 0 Å². The minimum atomic E-state index is -0.542. The van der Waals surface area contributed by atoms with Crippen molar-refractivity contribution in [2.24, 2.45) is 11.7 Å². The molecule has 1 aromatic carbocycles. The van der Waals surface area contributed by atoms with Crippen molar-refractivity contribution in [3.05, 3.63) is 29.6 Å². The molecule has 104 valence electrons. The van der Waals surface area contributed by atoms with E-state index in [1.54, 1.807) is 6.07 Å². The van der Waals surface area contributed by atoms with Crippen molar-refractivity contribution in [3.8, 4) is 0 Å². The van der Waals surface area contributed by atoms with Gasteiger partial charge in [-0.25, -0.2) is 9.18 Å². The second kappa shape index (κ2) is 6.47. The molecule has 0 aromatic heterocycles. The van der Waals surface area contributed by atoms with Gasteiger partial charge in [-0.1, -0.05) is 26.1 Å². The van der Waals surface area contributed by atoms with Gasteiger partial charge >= 0.3 is 5.97 Å². The first-order valence-electron chi connectivity index (χ1n) is 5.80. The number of methoxy groups -OCH3 is 1. The minimum absolute atomic E-state index is 0.00238. The van der Waals surface area contributed by atoms with Gasteiger partial charge in [0.05, 0.1) is 7.11 Å². The number of esters is 1. The quantitative estimate of drug-likeness (QED) is 0.640. The number of nitrogens with two attached hydrogens (primary N) is 1. The number of ether oxygens (including phenoxy) is 1. The number of thiocarbonyl (C=S) groups is 1. The first-order valence-corrected chi connectivity index (χ1v) is 6.21. The molecule has 0 bridgehead atoms. The van der Waals surface area contributed by atoms with Crippen LogP contribution in [0.25, 0.3) is 0 Å². The van der Waals surface area contributed by atoms with Crippen molar-refractivity contribution in [2.75, 3.05) is 12.4 Å². The summed E-state index contributed by atoms with van der Waals surface area (Å²) in [6.07, 6.45) is 0. The van der Waals surface area contributed by atoms with E-state index in [4.69, 9.17) is 22.7 Å². The third-order valence-corrected chi connectivity index (χ3v) is 2.90. The van der Waals surface area contributed by atoms with Gasteiger partial charge in [-0.15, -0.1) is 0 Å². The average Bonchev–Trinajstić information content (AvgIpc) is 2.34. The van der Waals surface area contributed by atoms with Crippen LogP contribution in [-0.2, 0) is 9.53 Å². The van der Waals surface area contributed by atoms with Crippen LogP contribution in [0, 0.1) is 11.7 Å². The molecule has 0 aliphatic carbocycles. The van der Waals surface area contributed by atoms with Crippen LogP contribution in [0.4, 0.5) is 10.1 Å². The fourth-order valence-electron chi connectivity index (χ4n) is 1.61. The Balaban J connectivity index is 2.95. The van der Waals surface area contributed by atoms with Crippen molar-refractivity contribution < 1.29 is 13.9 Å². The number of nitrogens with one attached hydrogen (secondary N) is 1. The third kappa shape index (κ3) is 3.89. The molecule has 0 saturated carbocycles. The van der Waals surface area contributed by atoms with Crippen LogP contribution < -0.4 is 11.1 Å². The fraction of sp³-hybridized carbons (Fsp3) is 0.385. The largest absolute Gasteiger partial charge is 0.467 e. The fourth-order valence-corrected chi connectivity index (χ4v) is 1.77. The molecule has 19 heavy (non-hydrogen) atoms. The summed E-state index contributed by atoms with van der Waals surface area (Å²) < 4.78 is 18.4. The molecule has 1 unspecified atom stereocenters. The molecular weight excluding hydrogens is 267 g/mol.